The van der Waals surface area contributed by atoms with Crippen LogP contribution in [0.3, 0.4) is 0 Å². The van der Waals surface area contributed by atoms with Crippen LogP contribution in [0.4, 0.5) is 0 Å². The molecule has 0 bridgehead atoms. The molecule has 0 aliphatic carbocycles. The van der Waals surface area contributed by atoms with Gasteiger partial charge in [0.25, 0.3) is 0 Å². The van der Waals surface area contributed by atoms with Gasteiger partial charge < -0.3 is 14.2 Å². The molecule has 1 atom stereocenters. The van der Waals surface area contributed by atoms with Gasteiger partial charge in [-0.3, -0.25) is 9.55 Å². The third-order valence-corrected chi connectivity index (χ3v) is 5.93. The second kappa shape index (κ2) is 8.69. The van der Waals surface area contributed by atoms with E-state index in [1.165, 1.54) is 0 Å². The van der Waals surface area contributed by atoms with Crippen LogP contribution in [0.25, 0.3) is 17.1 Å². The van der Waals surface area contributed by atoms with Crippen molar-refractivity contribution < 1.29 is 14.2 Å². The highest BCUT2D eigenvalue weighted by atomic mass is 32.2. The first-order chi connectivity index (χ1) is 15.3. The maximum atomic E-state index is 6.09. The van der Waals surface area contributed by atoms with Gasteiger partial charge in [-0.05, 0) is 48.5 Å². The molecule has 156 valence electrons. The molecule has 0 amide bonds. The second-order valence-electron chi connectivity index (χ2n) is 6.88. The van der Waals surface area contributed by atoms with Crippen LogP contribution >= 0.6 is 11.8 Å². The Morgan fingerprint density at radius 3 is 2.55 bits per heavy atom. The lowest BCUT2D eigenvalue weighted by molar-refractivity contribution is 0.107. The van der Waals surface area contributed by atoms with E-state index in [1.54, 1.807) is 31.3 Å². The molecule has 1 aliphatic rings. The van der Waals surface area contributed by atoms with Gasteiger partial charge in [-0.25, -0.2) is 0 Å². The molecule has 2 aromatic carbocycles. The molecule has 7 nitrogen and oxygen atoms in total. The number of methoxy groups -OCH3 is 1. The van der Waals surface area contributed by atoms with Crippen molar-refractivity contribution in [2.75, 3.05) is 19.5 Å². The van der Waals surface area contributed by atoms with Crippen LogP contribution in [0.15, 0.2) is 78.2 Å². The minimum atomic E-state index is -0.0784. The summed E-state index contributed by atoms with van der Waals surface area (Å²) in [6.07, 6.45) is 3.42. The molecule has 0 spiro atoms. The van der Waals surface area contributed by atoms with E-state index in [9.17, 15) is 0 Å². The number of thioether (sulfide) groups is 1. The van der Waals surface area contributed by atoms with Crippen LogP contribution in [0.5, 0.6) is 17.2 Å². The Hall–Kier alpha value is -3.52. The van der Waals surface area contributed by atoms with E-state index >= 15 is 0 Å². The fraction of sp³-hybridized carbons (Fsp3) is 0.174. The summed E-state index contributed by atoms with van der Waals surface area (Å²) < 4.78 is 19.3. The molecule has 0 fully saturated rings. The topological polar surface area (TPSA) is 71.3 Å². The summed E-state index contributed by atoms with van der Waals surface area (Å²) in [5.74, 6) is 3.78. The number of pyridine rings is 1. The van der Waals surface area contributed by atoms with Crippen LogP contribution in [0.2, 0.25) is 0 Å². The van der Waals surface area contributed by atoms with E-state index in [0.717, 1.165) is 39.5 Å². The number of fused-ring (bicyclic) bond motifs is 1. The zero-order valence-electron chi connectivity index (χ0n) is 16.8. The van der Waals surface area contributed by atoms with Gasteiger partial charge in [0.2, 0.25) is 0 Å². The highest BCUT2D eigenvalue weighted by molar-refractivity contribution is 7.99. The zero-order chi connectivity index (χ0) is 21.0. The first-order valence-corrected chi connectivity index (χ1v) is 10.8. The lowest BCUT2D eigenvalue weighted by Gasteiger charge is -2.26. The minimum Gasteiger partial charge on any atom is -0.497 e. The number of ether oxygens (including phenoxy) is 3. The van der Waals surface area contributed by atoms with Crippen molar-refractivity contribution in [2.24, 2.45) is 0 Å². The lowest BCUT2D eigenvalue weighted by Crippen LogP contribution is -2.31. The summed E-state index contributed by atoms with van der Waals surface area (Å²) in [4.78, 5) is 4.11. The smallest absolute Gasteiger partial charge is 0.196 e. The normalized spacial score (nSPS) is 14.9. The van der Waals surface area contributed by atoms with Crippen molar-refractivity contribution >= 4 is 11.8 Å². The molecule has 0 radical (unpaired) electrons. The van der Waals surface area contributed by atoms with Crippen LogP contribution in [-0.4, -0.2) is 45.3 Å². The van der Waals surface area contributed by atoms with Gasteiger partial charge in [-0.1, -0.05) is 23.9 Å². The van der Waals surface area contributed by atoms with E-state index in [4.69, 9.17) is 14.2 Å². The molecule has 8 heteroatoms. The number of nitrogens with zero attached hydrogens (tertiary/aromatic N) is 4. The number of para-hydroxylation sites is 2. The number of hydrogen-bond acceptors (Lipinski definition) is 7. The molecule has 1 aliphatic heterocycles. The fourth-order valence-corrected chi connectivity index (χ4v) is 4.25. The van der Waals surface area contributed by atoms with Gasteiger partial charge in [0.05, 0.1) is 7.11 Å². The van der Waals surface area contributed by atoms with Crippen molar-refractivity contribution in [1.82, 2.24) is 19.7 Å². The Morgan fingerprint density at radius 1 is 1.00 bits per heavy atom. The largest absolute Gasteiger partial charge is 0.497 e. The molecule has 0 saturated heterocycles. The van der Waals surface area contributed by atoms with Gasteiger partial charge in [0.1, 0.15) is 18.5 Å². The van der Waals surface area contributed by atoms with E-state index in [2.05, 4.69) is 15.2 Å². The van der Waals surface area contributed by atoms with Crippen molar-refractivity contribution in [2.45, 2.75) is 11.3 Å². The van der Waals surface area contributed by atoms with E-state index in [0.29, 0.717) is 12.4 Å². The fourth-order valence-electron chi connectivity index (χ4n) is 3.33. The van der Waals surface area contributed by atoms with Crippen molar-refractivity contribution in [3.63, 3.8) is 0 Å². The summed E-state index contributed by atoms with van der Waals surface area (Å²) in [5, 5.41) is 9.71. The van der Waals surface area contributed by atoms with Crippen LogP contribution in [0, 0.1) is 0 Å². The molecule has 3 heterocycles. The summed E-state index contributed by atoms with van der Waals surface area (Å²) >= 11 is 1.59. The SMILES string of the molecule is COc1ccc(-n2c(SC[C@@H]3COc4ccccc4O3)nnc2-c2ccncc2)cc1. The summed E-state index contributed by atoms with van der Waals surface area (Å²) in [5.41, 5.74) is 1.89. The predicted octanol–water partition coefficient (Wildman–Crippen LogP) is 4.27. The zero-order valence-corrected chi connectivity index (χ0v) is 17.7. The first-order valence-electron chi connectivity index (χ1n) is 9.83. The average Bonchev–Trinajstić information content (AvgIpc) is 3.27. The Kier molecular flexibility index (Phi) is 5.45. The van der Waals surface area contributed by atoms with Gasteiger partial charge in [-0.15, -0.1) is 10.2 Å². The molecular weight excluding hydrogens is 412 g/mol. The quantitative estimate of drug-likeness (QED) is 0.421. The molecule has 2 aromatic heterocycles. The van der Waals surface area contributed by atoms with Gasteiger partial charge in [-0.2, -0.15) is 0 Å². The molecule has 5 rings (SSSR count). The maximum Gasteiger partial charge on any atom is 0.196 e. The van der Waals surface area contributed by atoms with Crippen LogP contribution < -0.4 is 14.2 Å². The van der Waals surface area contributed by atoms with Gasteiger partial charge in [0, 0.05) is 29.4 Å². The number of hydrogen-bond donors (Lipinski definition) is 0. The lowest BCUT2D eigenvalue weighted by atomic mass is 10.2. The third kappa shape index (κ3) is 4.06. The second-order valence-corrected chi connectivity index (χ2v) is 7.87. The van der Waals surface area contributed by atoms with Crippen LogP contribution in [-0.2, 0) is 0 Å². The monoisotopic (exact) mass is 432 g/mol. The number of rotatable bonds is 6. The minimum absolute atomic E-state index is 0.0784. The molecule has 0 unspecified atom stereocenters. The Balaban J connectivity index is 1.42. The Labute approximate surface area is 184 Å². The Bertz CT molecular complexity index is 1170. The van der Waals surface area contributed by atoms with Gasteiger partial charge in [0.15, 0.2) is 22.5 Å². The van der Waals surface area contributed by atoms with Crippen LogP contribution in [0.1, 0.15) is 0 Å². The summed E-state index contributed by atoms with van der Waals surface area (Å²) in [7, 11) is 1.65. The van der Waals surface area contributed by atoms with Crippen molar-refractivity contribution in [1.29, 1.82) is 0 Å². The van der Waals surface area contributed by atoms with E-state index in [-0.39, 0.29) is 6.10 Å². The number of benzene rings is 2. The molecule has 0 saturated carbocycles. The highest BCUT2D eigenvalue weighted by Gasteiger charge is 2.23. The molecule has 0 N–H and O–H groups in total. The third-order valence-electron chi connectivity index (χ3n) is 4.87. The first kappa shape index (κ1) is 19.4. The summed E-state index contributed by atoms with van der Waals surface area (Å²) in [6.45, 7) is 0.498. The van der Waals surface area contributed by atoms with Crippen molar-refractivity contribution in [3.8, 4) is 34.3 Å². The predicted molar refractivity (Wildman–Crippen MR) is 118 cm³/mol. The number of aromatic nitrogens is 4. The Morgan fingerprint density at radius 2 is 1.77 bits per heavy atom. The van der Waals surface area contributed by atoms with E-state index in [1.807, 2.05) is 65.2 Å². The van der Waals surface area contributed by atoms with Gasteiger partial charge >= 0.3 is 0 Å². The molecular formula is C23H20N4O3S. The molecule has 4 aromatic rings. The highest BCUT2D eigenvalue weighted by Crippen LogP contribution is 2.33. The van der Waals surface area contributed by atoms with Crippen molar-refractivity contribution in [3.05, 3.63) is 73.1 Å². The average molecular weight is 433 g/mol. The molecule has 31 heavy (non-hydrogen) atoms. The standard InChI is InChI=1S/C23H20N4O3S/c1-28-18-8-6-17(7-9-18)27-22(16-10-12-24-13-11-16)25-26-23(27)31-15-19-14-29-20-4-2-3-5-21(20)30-19/h2-13,19H,14-15H2,1H3/t19-/m0/s1. The maximum absolute atomic E-state index is 6.09. The summed E-state index contributed by atoms with van der Waals surface area (Å²) in [6, 6.07) is 19.4. The van der Waals surface area contributed by atoms with E-state index < -0.39 is 0 Å².